The van der Waals surface area contributed by atoms with E-state index in [9.17, 15) is 9.59 Å². The molecule has 6 fully saturated rings. The third kappa shape index (κ3) is 43.9. The molecule has 0 spiro atoms. The second-order valence-corrected chi connectivity index (χ2v) is 16.6. The number of oxime groups is 1. The zero-order valence-electron chi connectivity index (χ0n) is 29.4. The van der Waals surface area contributed by atoms with Gasteiger partial charge in [-0.2, -0.15) is 58.8 Å². The van der Waals surface area contributed by atoms with E-state index in [1.54, 1.807) is 0 Å². The van der Waals surface area contributed by atoms with Crippen molar-refractivity contribution in [1.82, 2.24) is 5.32 Å². The number of nitrogens with one attached hydrogen (secondary N) is 1. The van der Waals surface area contributed by atoms with Crippen molar-refractivity contribution in [3.05, 3.63) is 0 Å². The van der Waals surface area contributed by atoms with Crippen LogP contribution in [0.15, 0.2) is 5.16 Å². The monoisotopic (exact) mass is 789 g/mol. The van der Waals surface area contributed by atoms with Gasteiger partial charge in [0.1, 0.15) is 11.6 Å². The summed E-state index contributed by atoms with van der Waals surface area (Å²) in [5, 5.41) is 21.2. The molecule has 276 valence electrons. The normalized spacial score (nSPS) is 20.6. The number of carbonyl (C=O) groups excluding carboxylic acids is 2. The van der Waals surface area contributed by atoms with Crippen LogP contribution in [0.2, 0.25) is 0 Å². The molecule has 0 aromatic carbocycles. The number of hydrogen-bond donors (Lipinski definition) is 4. The van der Waals surface area contributed by atoms with E-state index in [1.165, 1.54) is 86.8 Å². The summed E-state index contributed by atoms with van der Waals surface area (Å²) in [6.45, 7) is 4.44. The number of nitrogens with two attached hydrogens (primary N) is 1. The Hall–Kier alpha value is 1.82. The van der Waals surface area contributed by atoms with Crippen molar-refractivity contribution in [2.75, 3.05) is 83.8 Å². The number of ether oxygens (including phenoxy) is 1. The minimum Gasteiger partial charge on any atom is -1.00 e. The fourth-order valence-electron chi connectivity index (χ4n) is 4.14. The number of Topliss-reactive ketones (excluding diaryl/α,β-unsaturated/α-hetero) is 2. The fourth-order valence-corrected chi connectivity index (χ4v) is 8.83. The maximum atomic E-state index is 10.7. The molecule has 0 aromatic rings. The average Bonchev–Trinajstić information content (AvgIpc) is 3.28. The van der Waals surface area contributed by atoms with Crippen molar-refractivity contribution < 1.29 is 45.0 Å². The zero-order valence-corrected chi connectivity index (χ0v) is 33.3. The van der Waals surface area contributed by atoms with E-state index in [-0.39, 0.29) is 50.1 Å². The van der Waals surface area contributed by atoms with Crippen molar-refractivity contribution in [3.63, 3.8) is 0 Å². The molecule has 6 rings (SSSR count). The Bertz CT molecular complexity index is 618. The van der Waals surface area contributed by atoms with Gasteiger partial charge in [0.15, 0.2) is 17.4 Å². The van der Waals surface area contributed by atoms with Crippen LogP contribution in [0.4, 0.5) is 0 Å². The summed E-state index contributed by atoms with van der Waals surface area (Å²) in [4.78, 5) is 21.1. The molecule has 5 N–H and O–H groups in total. The molecule has 0 unspecified atom stereocenters. The number of halogens is 1. The van der Waals surface area contributed by atoms with Crippen molar-refractivity contribution in [1.29, 1.82) is 0 Å². The van der Waals surface area contributed by atoms with E-state index >= 15 is 0 Å². The predicted octanol–water partition coefficient (Wildman–Crippen LogP) is 3.39. The molecular weight excluding hydrogens is 724 g/mol. The van der Waals surface area contributed by atoms with Gasteiger partial charge in [-0.15, -0.1) is 12.4 Å². The van der Waals surface area contributed by atoms with E-state index in [4.69, 9.17) is 15.2 Å². The van der Waals surface area contributed by atoms with Gasteiger partial charge in [-0.05, 0) is 92.4 Å². The number of ketones is 2. The smallest absolute Gasteiger partial charge is 1.00 e. The van der Waals surface area contributed by atoms with Crippen LogP contribution >= 0.6 is 71.2 Å². The summed E-state index contributed by atoms with van der Waals surface area (Å²) >= 11 is 9.87. The molecule has 8 nitrogen and oxygen atoms in total. The molecule has 0 saturated carbocycles. The number of carbonyl (C=O) groups is 2. The SMILES string of the molecule is C1CCCSCC1.C1CCOC1.C1CNCCSC1.Cl.NO.O=C1CCCSCC1.O=C1CCSCC1.ON=C1CCSCC1.[AlH3].[H-].[Li+]. The summed E-state index contributed by atoms with van der Waals surface area (Å²) in [6.07, 6.45) is 16.1. The second kappa shape index (κ2) is 47.8. The zero-order chi connectivity index (χ0) is 32.2. The molecule has 6 aliphatic heterocycles. The second-order valence-electron chi connectivity index (χ2n) is 10.5. The predicted molar refractivity (Wildman–Crippen MR) is 218 cm³/mol. The molecular formula is C31H66AlClLiN3O5S5. The molecule has 6 aliphatic rings. The van der Waals surface area contributed by atoms with E-state index in [0.29, 0.717) is 11.6 Å². The Morgan fingerprint density at radius 1 is 0.574 bits per heavy atom. The summed E-state index contributed by atoms with van der Waals surface area (Å²) in [6, 6.07) is 0. The summed E-state index contributed by atoms with van der Waals surface area (Å²) in [5.74, 6) is 16.5. The Balaban J connectivity index is -0.000000151. The van der Waals surface area contributed by atoms with Crippen molar-refractivity contribution in [3.8, 4) is 0 Å². The fraction of sp³-hybridized carbons (Fsp3) is 0.903. The van der Waals surface area contributed by atoms with Crippen molar-refractivity contribution in [2.24, 2.45) is 11.1 Å². The van der Waals surface area contributed by atoms with Gasteiger partial charge in [0.05, 0.1) is 5.71 Å². The standard InChI is InChI=1S/C6H10OS.C6H12S.C5H9NOS.C5H11NS.C5H8OS.C4H8O.Al.ClH.Li.H3NO.4H/c7-6-2-1-4-8-5-3-6;1-2-4-6-7-5-3-1;7-6-5-1-3-8-4-2-5;1-2-6-3-5-7-4-1;6-5-1-3-7-4-2-5;1-2-4-5-3-1;;;;1-2;;;;/h1-5H2;1-6H2;7H,1-4H2;6H,1-5H2;1-4H2;1-4H2;;1H;;2H,1H2;;;;/q;;;;;;;;+1;;;;;-1. The Morgan fingerprint density at radius 3 is 1.47 bits per heavy atom. The number of hydrogen-bond acceptors (Lipinski definition) is 13. The summed E-state index contributed by atoms with van der Waals surface area (Å²) < 4.78 is 4.94. The van der Waals surface area contributed by atoms with Crippen LogP contribution in [0.5, 0.6) is 0 Å². The van der Waals surface area contributed by atoms with Gasteiger partial charge < -0.3 is 21.9 Å². The molecule has 6 heterocycles. The molecule has 0 radical (unpaired) electrons. The van der Waals surface area contributed by atoms with Crippen LogP contribution in [0, 0.1) is 0 Å². The van der Waals surface area contributed by atoms with Crippen molar-refractivity contribution >= 4 is 106 Å². The maximum Gasteiger partial charge on any atom is 1.00 e. The van der Waals surface area contributed by atoms with Gasteiger partial charge >= 0.3 is 18.9 Å². The van der Waals surface area contributed by atoms with Crippen LogP contribution in [0.25, 0.3) is 0 Å². The van der Waals surface area contributed by atoms with Crippen LogP contribution < -0.4 is 30.1 Å². The molecule has 0 aromatic heterocycles. The first-order valence-corrected chi connectivity index (χ1v) is 22.2. The first-order valence-electron chi connectivity index (χ1n) is 16.4. The van der Waals surface area contributed by atoms with E-state index in [2.05, 4.69) is 39.9 Å². The number of nitrogens with zero attached hydrogens (tertiary/aromatic N) is 1. The molecule has 16 heteroatoms. The summed E-state index contributed by atoms with van der Waals surface area (Å²) in [7, 11) is 0. The molecule has 0 amide bonds. The Kier molecular flexibility index (Phi) is 56.5. The third-order valence-corrected chi connectivity index (χ3v) is 12.0. The van der Waals surface area contributed by atoms with Crippen LogP contribution in [0.3, 0.4) is 0 Å². The van der Waals surface area contributed by atoms with E-state index < -0.39 is 0 Å². The molecule has 0 atom stereocenters. The first-order chi connectivity index (χ1) is 21.7. The Morgan fingerprint density at radius 2 is 1.00 bits per heavy atom. The summed E-state index contributed by atoms with van der Waals surface area (Å²) in [5.41, 5.74) is 0.962. The van der Waals surface area contributed by atoms with E-state index in [0.717, 1.165) is 92.6 Å². The van der Waals surface area contributed by atoms with Gasteiger partial charge in [0.25, 0.3) is 0 Å². The first kappa shape index (κ1) is 55.6. The van der Waals surface area contributed by atoms with Gasteiger partial charge in [-0.3, -0.25) is 9.59 Å². The Labute approximate surface area is 338 Å². The quantitative estimate of drug-likeness (QED) is 0.163. The average molecular weight is 791 g/mol. The number of rotatable bonds is 0. The van der Waals surface area contributed by atoms with Crippen LogP contribution in [0.1, 0.15) is 91.3 Å². The van der Waals surface area contributed by atoms with Gasteiger partial charge in [0, 0.05) is 68.5 Å². The van der Waals surface area contributed by atoms with E-state index in [1.807, 2.05) is 35.3 Å². The number of thioether (sulfide) groups is 5. The van der Waals surface area contributed by atoms with Crippen molar-refractivity contribution in [2.45, 2.75) is 89.9 Å². The maximum absolute atomic E-state index is 10.7. The topological polar surface area (TPSA) is 134 Å². The van der Waals surface area contributed by atoms with Gasteiger partial charge in [-0.1, -0.05) is 18.0 Å². The minimum atomic E-state index is 0. The van der Waals surface area contributed by atoms with Crippen LogP contribution in [-0.4, -0.2) is 129 Å². The van der Waals surface area contributed by atoms with Crippen LogP contribution in [-0.2, 0) is 14.3 Å². The third-order valence-electron chi connectivity index (χ3n) is 6.75. The van der Waals surface area contributed by atoms with Gasteiger partial charge in [0.2, 0.25) is 0 Å². The molecule has 47 heavy (non-hydrogen) atoms. The molecule has 0 aliphatic carbocycles. The minimum absolute atomic E-state index is 0. The molecule has 6 saturated heterocycles. The van der Waals surface area contributed by atoms with Gasteiger partial charge in [-0.25, -0.2) is 5.90 Å². The largest absolute Gasteiger partial charge is 1.00 e. The molecule has 0 bridgehead atoms.